The van der Waals surface area contributed by atoms with Crippen LogP contribution in [0.5, 0.6) is 5.75 Å². The molecule has 0 spiro atoms. The molecule has 4 aromatic heterocycles. The Kier molecular flexibility index (Phi) is 8.78. The maximum atomic E-state index is 14.8. The number of halogens is 1. The Morgan fingerprint density at radius 2 is 2.04 bits per heavy atom. The van der Waals surface area contributed by atoms with Crippen LogP contribution in [0.25, 0.3) is 43.7 Å². The molecule has 7 rings (SSSR count). The SMILES string of the molecule is C=CC(=O)N1CC[C@H](n2cc(-c3nc(-c4ccnc(N)c4)c4ccsc4c3-c3ccc(F)cc3OCC3CCNC(O)C3)ccc2=O)C1. The number of aliphatic hydroxyl groups is 1. The van der Waals surface area contributed by atoms with Gasteiger partial charge in [-0.05, 0) is 79.6 Å². The number of hydrogen-bond donors (Lipinski definition) is 3. The molecule has 1 aromatic carbocycles. The highest BCUT2D eigenvalue weighted by Crippen LogP contribution is 2.46. The minimum absolute atomic E-state index is 0.0961. The van der Waals surface area contributed by atoms with E-state index >= 15 is 0 Å². The number of benzene rings is 1. The molecular weight excluding hydrogens is 631 g/mol. The number of pyridine rings is 3. The number of nitrogens with zero attached hydrogens (tertiary/aromatic N) is 4. The monoisotopic (exact) mass is 666 g/mol. The van der Waals surface area contributed by atoms with Crippen LogP contribution in [0.2, 0.25) is 0 Å². The quantitative estimate of drug-likeness (QED) is 0.192. The van der Waals surface area contributed by atoms with Gasteiger partial charge in [0.1, 0.15) is 23.6 Å². The highest BCUT2D eigenvalue weighted by molar-refractivity contribution is 7.18. The predicted molar refractivity (Wildman–Crippen MR) is 185 cm³/mol. The zero-order valence-corrected chi connectivity index (χ0v) is 27.0. The number of hydrogen-bond acceptors (Lipinski definition) is 9. The van der Waals surface area contributed by atoms with E-state index in [0.717, 1.165) is 27.6 Å². The van der Waals surface area contributed by atoms with Crippen LogP contribution in [-0.2, 0) is 4.79 Å². The number of aliphatic hydroxyl groups excluding tert-OH is 1. The van der Waals surface area contributed by atoms with Gasteiger partial charge >= 0.3 is 0 Å². The van der Waals surface area contributed by atoms with E-state index in [9.17, 15) is 19.1 Å². The number of likely N-dealkylation sites (tertiary alicyclic amines) is 1. The number of piperidine rings is 1. The molecule has 10 nitrogen and oxygen atoms in total. The van der Waals surface area contributed by atoms with Gasteiger partial charge in [-0.3, -0.25) is 14.9 Å². The van der Waals surface area contributed by atoms with Crippen molar-refractivity contribution in [2.45, 2.75) is 31.5 Å². The summed E-state index contributed by atoms with van der Waals surface area (Å²) >= 11 is 1.53. The summed E-state index contributed by atoms with van der Waals surface area (Å²) in [5, 5.41) is 16.0. The van der Waals surface area contributed by atoms with Crippen molar-refractivity contribution in [2.24, 2.45) is 5.92 Å². The van der Waals surface area contributed by atoms with Crippen LogP contribution in [-0.4, -0.2) is 62.9 Å². The van der Waals surface area contributed by atoms with E-state index in [1.807, 2.05) is 17.5 Å². The van der Waals surface area contributed by atoms with Gasteiger partial charge in [-0.2, -0.15) is 0 Å². The molecule has 2 fully saturated rings. The van der Waals surface area contributed by atoms with Gasteiger partial charge in [-0.25, -0.2) is 14.4 Å². The van der Waals surface area contributed by atoms with Gasteiger partial charge in [0.2, 0.25) is 5.91 Å². The smallest absolute Gasteiger partial charge is 0.250 e. The summed E-state index contributed by atoms with van der Waals surface area (Å²) in [6.07, 6.45) is 6.10. The molecule has 246 valence electrons. The Morgan fingerprint density at radius 1 is 1.17 bits per heavy atom. The van der Waals surface area contributed by atoms with Crippen molar-refractivity contribution < 1.29 is 19.0 Å². The van der Waals surface area contributed by atoms with Crippen molar-refractivity contribution in [1.29, 1.82) is 0 Å². The Bertz CT molecular complexity index is 2080. The number of aromatic nitrogens is 3. The van der Waals surface area contributed by atoms with Crippen molar-refractivity contribution >= 4 is 33.1 Å². The zero-order valence-electron chi connectivity index (χ0n) is 26.1. The van der Waals surface area contributed by atoms with Crippen molar-refractivity contribution in [2.75, 3.05) is 32.0 Å². The van der Waals surface area contributed by atoms with Crippen molar-refractivity contribution in [1.82, 2.24) is 24.8 Å². The molecule has 0 saturated carbocycles. The number of anilines is 1. The molecule has 5 aromatic rings. The van der Waals surface area contributed by atoms with E-state index in [-0.39, 0.29) is 23.4 Å². The van der Waals surface area contributed by atoms with Gasteiger partial charge in [0.25, 0.3) is 5.56 Å². The first kappa shape index (κ1) is 31.7. The topological polar surface area (TPSA) is 136 Å². The van der Waals surface area contributed by atoms with Crippen molar-refractivity contribution in [3.8, 4) is 39.4 Å². The summed E-state index contributed by atoms with van der Waals surface area (Å²) in [7, 11) is 0. The third-order valence-corrected chi connectivity index (χ3v) is 10.0. The number of carbonyl (C=O) groups excluding carboxylic acids is 1. The fourth-order valence-electron chi connectivity index (χ4n) is 6.68. The molecule has 12 heteroatoms. The average molecular weight is 667 g/mol. The Balaban J connectivity index is 1.40. The summed E-state index contributed by atoms with van der Waals surface area (Å²) in [4.78, 5) is 36.7. The van der Waals surface area contributed by atoms with Crippen LogP contribution >= 0.6 is 11.3 Å². The molecule has 2 saturated heterocycles. The van der Waals surface area contributed by atoms with E-state index in [2.05, 4.69) is 16.9 Å². The third-order valence-electron chi connectivity index (χ3n) is 9.09. The van der Waals surface area contributed by atoms with E-state index in [0.29, 0.717) is 73.2 Å². The minimum Gasteiger partial charge on any atom is -0.493 e. The van der Waals surface area contributed by atoms with Crippen LogP contribution in [0.3, 0.4) is 0 Å². The summed E-state index contributed by atoms with van der Waals surface area (Å²) in [5.41, 5.74) is 10.0. The second kappa shape index (κ2) is 13.3. The van der Waals surface area contributed by atoms with Gasteiger partial charge in [-0.1, -0.05) is 6.58 Å². The first-order valence-corrected chi connectivity index (χ1v) is 16.8. The Labute approximate surface area is 280 Å². The van der Waals surface area contributed by atoms with Crippen LogP contribution < -0.4 is 21.3 Å². The number of ether oxygens (including phenoxy) is 1. The number of nitrogen functional groups attached to an aromatic ring is 1. The Morgan fingerprint density at radius 3 is 2.85 bits per heavy atom. The van der Waals surface area contributed by atoms with Crippen LogP contribution in [0.1, 0.15) is 25.3 Å². The number of carbonyl (C=O) groups is 1. The number of thiophene rings is 1. The number of amides is 1. The molecule has 48 heavy (non-hydrogen) atoms. The molecule has 2 aliphatic heterocycles. The summed E-state index contributed by atoms with van der Waals surface area (Å²) in [5.74, 6) is 0.211. The number of fused-ring (bicyclic) bond motifs is 1. The van der Waals surface area contributed by atoms with Gasteiger partial charge in [-0.15, -0.1) is 11.3 Å². The third kappa shape index (κ3) is 6.21. The molecule has 0 radical (unpaired) electrons. The van der Waals surface area contributed by atoms with Crippen molar-refractivity contribution in [3.05, 3.63) is 95.1 Å². The van der Waals surface area contributed by atoms with Crippen LogP contribution in [0, 0.1) is 11.7 Å². The zero-order chi connectivity index (χ0) is 33.4. The fraction of sp³-hybridized carbons (Fsp3) is 0.278. The summed E-state index contributed by atoms with van der Waals surface area (Å²) in [6.45, 7) is 5.50. The van der Waals surface area contributed by atoms with E-state index in [1.54, 1.807) is 40.1 Å². The standard InChI is InChI=1S/C36H35FN6O4S/c1-2-31(45)42-13-9-25(19-42)43-18-23(3-6-32(43)46)35-33(36-27(10-14-48-36)34(41-35)22-8-12-39-29(38)16-22)26-5-4-24(37)17-28(26)47-20-21-7-11-40-30(44)15-21/h2-6,8,10,12,14,16-18,21,25,30,40,44H,1,7,9,11,13,15,19-20H2,(H2,38,39)/t21?,25-,30?/m0/s1. The fourth-order valence-corrected chi connectivity index (χ4v) is 7.63. The lowest BCUT2D eigenvalue weighted by Crippen LogP contribution is -2.39. The molecule has 4 N–H and O–H groups in total. The number of nitrogens with two attached hydrogens (primary N) is 1. The Hall–Kier alpha value is -4.91. The second-order valence-electron chi connectivity index (χ2n) is 12.2. The lowest BCUT2D eigenvalue weighted by molar-refractivity contribution is -0.125. The molecule has 2 unspecified atom stereocenters. The number of nitrogens with one attached hydrogen (secondary N) is 1. The molecule has 0 aliphatic carbocycles. The predicted octanol–water partition coefficient (Wildman–Crippen LogP) is 5.23. The van der Waals surface area contributed by atoms with E-state index < -0.39 is 12.0 Å². The van der Waals surface area contributed by atoms with E-state index in [1.165, 1.54) is 35.6 Å². The van der Waals surface area contributed by atoms with Gasteiger partial charge in [0.15, 0.2) is 0 Å². The van der Waals surface area contributed by atoms with Crippen molar-refractivity contribution in [3.63, 3.8) is 0 Å². The van der Waals surface area contributed by atoms with Gasteiger partial charge in [0, 0.05) is 70.0 Å². The maximum Gasteiger partial charge on any atom is 0.250 e. The molecule has 6 heterocycles. The lowest BCUT2D eigenvalue weighted by atomic mass is 9.95. The molecule has 2 aliphatic rings. The van der Waals surface area contributed by atoms with E-state index in [4.69, 9.17) is 15.5 Å². The van der Waals surface area contributed by atoms with Gasteiger partial charge in [0.05, 0.1) is 24.0 Å². The molecular formula is C36H35FN6O4S. The second-order valence-corrected chi connectivity index (χ2v) is 13.1. The highest BCUT2D eigenvalue weighted by atomic mass is 32.1. The average Bonchev–Trinajstić information content (AvgIpc) is 3.78. The number of rotatable bonds is 8. The van der Waals surface area contributed by atoms with Crippen LogP contribution in [0.15, 0.2) is 83.8 Å². The normalized spacial score (nSPS) is 19.5. The summed E-state index contributed by atoms with van der Waals surface area (Å²) in [6, 6.07) is 13.2. The summed E-state index contributed by atoms with van der Waals surface area (Å²) < 4.78 is 23.8. The first-order valence-electron chi connectivity index (χ1n) is 15.9. The lowest BCUT2D eigenvalue weighted by Gasteiger charge is -2.27. The largest absolute Gasteiger partial charge is 0.493 e. The minimum atomic E-state index is -0.604. The first-order chi connectivity index (χ1) is 23.3. The highest BCUT2D eigenvalue weighted by Gasteiger charge is 2.28. The molecule has 3 atom stereocenters. The van der Waals surface area contributed by atoms with Crippen LogP contribution in [0.4, 0.5) is 10.2 Å². The molecule has 1 amide bonds. The molecule has 0 bridgehead atoms. The maximum absolute atomic E-state index is 14.8. The van der Waals surface area contributed by atoms with Gasteiger partial charge < -0.3 is 25.0 Å².